The maximum atomic E-state index is 12.2. The van der Waals surface area contributed by atoms with E-state index in [1.807, 2.05) is 6.92 Å². The third-order valence-electron chi connectivity index (χ3n) is 3.30. The van der Waals surface area contributed by atoms with Crippen molar-refractivity contribution < 1.29 is 14.7 Å². The molecule has 5 heteroatoms. The SMILES string of the molecule is CCN(C(=O)C1(CN)CC1)C(C)CC(=O)O. The zero-order valence-electron chi connectivity index (χ0n) is 9.90. The molecule has 0 saturated heterocycles. The van der Waals surface area contributed by atoms with Crippen LogP contribution < -0.4 is 5.73 Å². The molecule has 1 aliphatic rings. The van der Waals surface area contributed by atoms with E-state index in [-0.39, 0.29) is 23.8 Å². The molecule has 0 aliphatic heterocycles. The molecule has 92 valence electrons. The second kappa shape index (κ2) is 4.82. The molecule has 1 amide bonds. The van der Waals surface area contributed by atoms with Gasteiger partial charge in [-0.3, -0.25) is 9.59 Å². The Morgan fingerprint density at radius 3 is 2.38 bits per heavy atom. The van der Waals surface area contributed by atoms with Crippen molar-refractivity contribution in [2.45, 2.75) is 39.2 Å². The van der Waals surface area contributed by atoms with E-state index in [0.29, 0.717) is 13.1 Å². The van der Waals surface area contributed by atoms with E-state index in [2.05, 4.69) is 0 Å². The van der Waals surface area contributed by atoms with Gasteiger partial charge in [-0.1, -0.05) is 0 Å². The van der Waals surface area contributed by atoms with Crippen molar-refractivity contribution in [1.82, 2.24) is 4.90 Å². The molecule has 0 aromatic rings. The lowest BCUT2D eigenvalue weighted by atomic mass is 10.0. The monoisotopic (exact) mass is 228 g/mol. The maximum Gasteiger partial charge on any atom is 0.305 e. The van der Waals surface area contributed by atoms with Gasteiger partial charge < -0.3 is 15.7 Å². The molecule has 0 aromatic carbocycles. The Kier molecular flexibility index (Phi) is 3.91. The van der Waals surface area contributed by atoms with Crippen LogP contribution in [0.4, 0.5) is 0 Å². The first kappa shape index (κ1) is 13.0. The van der Waals surface area contributed by atoms with Crippen LogP contribution in [0.3, 0.4) is 0 Å². The third kappa shape index (κ3) is 2.52. The lowest BCUT2D eigenvalue weighted by Gasteiger charge is -2.30. The van der Waals surface area contributed by atoms with Crippen LogP contribution in [0.5, 0.6) is 0 Å². The number of rotatable bonds is 6. The molecule has 0 heterocycles. The van der Waals surface area contributed by atoms with E-state index in [0.717, 1.165) is 12.8 Å². The summed E-state index contributed by atoms with van der Waals surface area (Å²) in [6.07, 6.45) is 1.65. The van der Waals surface area contributed by atoms with Crippen molar-refractivity contribution in [2.24, 2.45) is 11.1 Å². The molecule has 1 saturated carbocycles. The van der Waals surface area contributed by atoms with E-state index in [1.165, 1.54) is 0 Å². The summed E-state index contributed by atoms with van der Waals surface area (Å²) in [4.78, 5) is 24.4. The normalized spacial score (nSPS) is 18.9. The third-order valence-corrected chi connectivity index (χ3v) is 3.30. The fourth-order valence-electron chi connectivity index (χ4n) is 1.98. The molecule has 1 rings (SSSR count). The summed E-state index contributed by atoms with van der Waals surface area (Å²) in [7, 11) is 0. The van der Waals surface area contributed by atoms with Crippen LogP contribution in [-0.2, 0) is 9.59 Å². The molecule has 0 radical (unpaired) electrons. The molecule has 3 N–H and O–H groups in total. The quantitative estimate of drug-likeness (QED) is 0.691. The maximum absolute atomic E-state index is 12.2. The second-order valence-electron chi connectivity index (χ2n) is 4.52. The van der Waals surface area contributed by atoms with Crippen LogP contribution >= 0.6 is 0 Å². The molecule has 1 fully saturated rings. The average molecular weight is 228 g/mol. The molecule has 0 bridgehead atoms. The highest BCUT2D eigenvalue weighted by Crippen LogP contribution is 2.46. The van der Waals surface area contributed by atoms with Crippen LogP contribution in [0.15, 0.2) is 0 Å². The Hall–Kier alpha value is -1.10. The fourth-order valence-corrected chi connectivity index (χ4v) is 1.98. The molecule has 5 nitrogen and oxygen atoms in total. The Balaban J connectivity index is 2.66. The number of aliphatic carboxylic acids is 1. The molecule has 1 unspecified atom stereocenters. The van der Waals surface area contributed by atoms with Gasteiger partial charge in [-0.15, -0.1) is 0 Å². The molecule has 1 aliphatic carbocycles. The molecule has 0 aromatic heterocycles. The number of nitrogens with zero attached hydrogens (tertiary/aromatic N) is 1. The van der Waals surface area contributed by atoms with Crippen molar-refractivity contribution in [3.05, 3.63) is 0 Å². The topological polar surface area (TPSA) is 83.6 Å². The van der Waals surface area contributed by atoms with Gasteiger partial charge >= 0.3 is 5.97 Å². The Labute approximate surface area is 95.6 Å². The highest BCUT2D eigenvalue weighted by Gasteiger charge is 2.50. The van der Waals surface area contributed by atoms with Gasteiger partial charge in [0.2, 0.25) is 5.91 Å². The highest BCUT2D eigenvalue weighted by molar-refractivity contribution is 5.86. The van der Waals surface area contributed by atoms with Gasteiger partial charge in [-0.2, -0.15) is 0 Å². The van der Waals surface area contributed by atoms with Crippen molar-refractivity contribution in [3.63, 3.8) is 0 Å². The number of carbonyl (C=O) groups excluding carboxylic acids is 1. The standard InChI is InChI=1S/C11H20N2O3/c1-3-13(8(2)6-9(14)15)10(16)11(7-12)4-5-11/h8H,3-7,12H2,1-2H3,(H,14,15). The van der Waals surface area contributed by atoms with Gasteiger partial charge in [0, 0.05) is 19.1 Å². The van der Waals surface area contributed by atoms with E-state index in [9.17, 15) is 9.59 Å². The fraction of sp³-hybridized carbons (Fsp3) is 0.818. The van der Waals surface area contributed by atoms with Crippen molar-refractivity contribution in [2.75, 3.05) is 13.1 Å². The number of amides is 1. The molecule has 0 spiro atoms. The number of carboxylic acid groups (broad SMARTS) is 1. The van der Waals surface area contributed by atoms with Gasteiger partial charge in [0.25, 0.3) is 0 Å². The smallest absolute Gasteiger partial charge is 0.305 e. The van der Waals surface area contributed by atoms with E-state index in [1.54, 1.807) is 11.8 Å². The summed E-state index contributed by atoms with van der Waals surface area (Å²) in [5, 5.41) is 8.72. The minimum absolute atomic E-state index is 0.0137. The first-order valence-corrected chi connectivity index (χ1v) is 5.70. The predicted octanol–water partition coefficient (Wildman–Crippen LogP) is 0.437. The van der Waals surface area contributed by atoms with Gasteiger partial charge in [-0.05, 0) is 26.7 Å². The zero-order chi connectivity index (χ0) is 12.3. The number of hydrogen-bond acceptors (Lipinski definition) is 3. The Morgan fingerprint density at radius 2 is 2.06 bits per heavy atom. The van der Waals surface area contributed by atoms with Crippen LogP contribution in [0.2, 0.25) is 0 Å². The van der Waals surface area contributed by atoms with Gasteiger partial charge in [0.1, 0.15) is 0 Å². The van der Waals surface area contributed by atoms with Crippen molar-refractivity contribution in [3.8, 4) is 0 Å². The molecular weight excluding hydrogens is 208 g/mol. The number of carbonyl (C=O) groups is 2. The number of nitrogens with two attached hydrogens (primary N) is 1. The minimum atomic E-state index is -0.878. The van der Waals surface area contributed by atoms with Gasteiger partial charge in [-0.25, -0.2) is 0 Å². The van der Waals surface area contributed by atoms with Gasteiger partial charge in [0.05, 0.1) is 11.8 Å². The lowest BCUT2D eigenvalue weighted by molar-refractivity contribution is -0.142. The largest absolute Gasteiger partial charge is 0.481 e. The summed E-state index contributed by atoms with van der Waals surface area (Å²) >= 11 is 0. The number of carboxylic acids is 1. The minimum Gasteiger partial charge on any atom is -0.481 e. The average Bonchev–Trinajstić information content (AvgIpc) is 2.97. The number of hydrogen-bond donors (Lipinski definition) is 2. The summed E-state index contributed by atoms with van der Waals surface area (Å²) in [5.74, 6) is -0.859. The summed E-state index contributed by atoms with van der Waals surface area (Å²) < 4.78 is 0. The van der Waals surface area contributed by atoms with E-state index in [4.69, 9.17) is 10.8 Å². The lowest BCUT2D eigenvalue weighted by Crippen LogP contribution is -2.45. The first-order chi connectivity index (χ1) is 7.46. The van der Waals surface area contributed by atoms with E-state index < -0.39 is 5.97 Å². The van der Waals surface area contributed by atoms with Crippen LogP contribution in [-0.4, -0.2) is 41.0 Å². The molecule has 16 heavy (non-hydrogen) atoms. The first-order valence-electron chi connectivity index (χ1n) is 5.70. The van der Waals surface area contributed by atoms with Crippen LogP contribution in [0, 0.1) is 5.41 Å². The highest BCUT2D eigenvalue weighted by atomic mass is 16.4. The summed E-state index contributed by atoms with van der Waals surface area (Å²) in [6.45, 7) is 4.53. The van der Waals surface area contributed by atoms with Gasteiger partial charge in [0.15, 0.2) is 0 Å². The molecule has 1 atom stereocenters. The van der Waals surface area contributed by atoms with Crippen molar-refractivity contribution in [1.29, 1.82) is 0 Å². The van der Waals surface area contributed by atoms with Crippen LogP contribution in [0.25, 0.3) is 0 Å². The Bertz CT molecular complexity index is 287. The predicted molar refractivity (Wildman–Crippen MR) is 59.8 cm³/mol. The second-order valence-corrected chi connectivity index (χ2v) is 4.52. The van der Waals surface area contributed by atoms with Crippen molar-refractivity contribution >= 4 is 11.9 Å². The van der Waals surface area contributed by atoms with Crippen LogP contribution in [0.1, 0.15) is 33.1 Å². The summed E-state index contributed by atoms with van der Waals surface area (Å²) in [5.41, 5.74) is 5.21. The van der Waals surface area contributed by atoms with E-state index >= 15 is 0 Å². The summed E-state index contributed by atoms with van der Waals surface area (Å²) in [6, 6.07) is -0.265. The molecular formula is C11H20N2O3. The Morgan fingerprint density at radius 1 is 1.50 bits per heavy atom. The zero-order valence-corrected chi connectivity index (χ0v) is 9.90.